The molecule has 1 unspecified atom stereocenters. The molecule has 1 saturated heterocycles. The fourth-order valence-corrected chi connectivity index (χ4v) is 2.41. The Kier molecular flexibility index (Phi) is 4.30. The van der Waals surface area contributed by atoms with E-state index in [0.717, 1.165) is 19.5 Å². The molecule has 2 rings (SSSR count). The Morgan fingerprint density at radius 3 is 2.67 bits per heavy atom. The predicted molar refractivity (Wildman–Crippen MR) is 68.8 cm³/mol. The van der Waals surface area contributed by atoms with Crippen molar-refractivity contribution in [3.63, 3.8) is 0 Å². The number of rotatable bonds is 5. The molecular formula is C14H20F2N2. The lowest BCUT2D eigenvalue weighted by atomic mass is 10.1. The van der Waals surface area contributed by atoms with E-state index in [9.17, 15) is 8.78 Å². The molecule has 18 heavy (non-hydrogen) atoms. The highest BCUT2D eigenvalue weighted by molar-refractivity contribution is 5.20. The Balaban J connectivity index is 1.79. The van der Waals surface area contributed by atoms with Crippen molar-refractivity contribution in [2.45, 2.75) is 12.3 Å². The molecule has 0 saturated carbocycles. The molecule has 2 nitrogen and oxygen atoms in total. The van der Waals surface area contributed by atoms with E-state index in [1.807, 2.05) is 0 Å². The Hall–Kier alpha value is -1.00. The summed E-state index contributed by atoms with van der Waals surface area (Å²) in [7, 11) is 2.07. The molecule has 1 N–H and O–H groups in total. The summed E-state index contributed by atoms with van der Waals surface area (Å²) in [6, 6.07) is 8.00. The van der Waals surface area contributed by atoms with Crippen LogP contribution in [0.25, 0.3) is 0 Å². The van der Waals surface area contributed by atoms with Gasteiger partial charge in [-0.05, 0) is 32.5 Å². The third-order valence-corrected chi connectivity index (χ3v) is 3.47. The summed E-state index contributed by atoms with van der Waals surface area (Å²) in [6.07, 6.45) is 1.10. The highest BCUT2D eigenvalue weighted by atomic mass is 19.3. The van der Waals surface area contributed by atoms with Crippen molar-refractivity contribution >= 4 is 0 Å². The van der Waals surface area contributed by atoms with E-state index >= 15 is 0 Å². The van der Waals surface area contributed by atoms with E-state index in [-0.39, 0.29) is 12.1 Å². The van der Waals surface area contributed by atoms with Crippen molar-refractivity contribution < 1.29 is 8.78 Å². The van der Waals surface area contributed by atoms with Gasteiger partial charge >= 0.3 is 0 Å². The van der Waals surface area contributed by atoms with E-state index < -0.39 is 5.92 Å². The van der Waals surface area contributed by atoms with Gasteiger partial charge in [-0.3, -0.25) is 0 Å². The molecule has 4 heteroatoms. The number of halogens is 2. The second kappa shape index (κ2) is 5.76. The second-order valence-electron chi connectivity index (χ2n) is 5.12. The minimum atomic E-state index is -2.79. The van der Waals surface area contributed by atoms with Crippen molar-refractivity contribution in [2.24, 2.45) is 5.92 Å². The monoisotopic (exact) mass is 254 g/mol. The summed E-state index contributed by atoms with van der Waals surface area (Å²) in [4.78, 5) is 2.24. The molecule has 0 aromatic heterocycles. The van der Waals surface area contributed by atoms with Crippen molar-refractivity contribution in [1.29, 1.82) is 0 Å². The molecule has 100 valence electrons. The average molecular weight is 254 g/mol. The number of hydrogen-bond acceptors (Lipinski definition) is 2. The van der Waals surface area contributed by atoms with Crippen LogP contribution in [0, 0.1) is 5.92 Å². The van der Waals surface area contributed by atoms with E-state index in [1.54, 1.807) is 18.2 Å². The molecular weight excluding hydrogens is 234 g/mol. The van der Waals surface area contributed by atoms with Crippen LogP contribution in [-0.4, -0.2) is 38.1 Å². The van der Waals surface area contributed by atoms with Crippen LogP contribution < -0.4 is 5.32 Å². The van der Waals surface area contributed by atoms with Crippen LogP contribution in [0.5, 0.6) is 0 Å². The lowest BCUT2D eigenvalue weighted by molar-refractivity contribution is -0.00371. The maximum Gasteiger partial charge on any atom is 0.285 e. The lowest BCUT2D eigenvalue weighted by Crippen LogP contribution is -2.34. The minimum Gasteiger partial charge on any atom is -0.311 e. The molecule has 1 aliphatic heterocycles. The van der Waals surface area contributed by atoms with Crippen LogP contribution >= 0.6 is 0 Å². The first-order valence-electron chi connectivity index (χ1n) is 6.40. The Morgan fingerprint density at radius 1 is 1.33 bits per heavy atom. The van der Waals surface area contributed by atoms with Crippen molar-refractivity contribution in [3.05, 3.63) is 35.9 Å². The quantitative estimate of drug-likeness (QED) is 0.867. The predicted octanol–water partition coefficient (Wildman–Crippen LogP) is 2.32. The van der Waals surface area contributed by atoms with Crippen LogP contribution in [-0.2, 0) is 5.92 Å². The summed E-state index contributed by atoms with van der Waals surface area (Å²) in [6.45, 7) is 2.47. The van der Waals surface area contributed by atoms with Gasteiger partial charge in [-0.1, -0.05) is 30.3 Å². The van der Waals surface area contributed by atoms with Gasteiger partial charge in [0.25, 0.3) is 5.92 Å². The molecule has 0 radical (unpaired) electrons. The van der Waals surface area contributed by atoms with Gasteiger partial charge in [0.2, 0.25) is 0 Å². The molecule has 0 amide bonds. The molecule has 1 atom stereocenters. The average Bonchev–Trinajstić information content (AvgIpc) is 2.76. The van der Waals surface area contributed by atoms with Crippen LogP contribution in [0.15, 0.2) is 30.3 Å². The van der Waals surface area contributed by atoms with Crippen molar-refractivity contribution in [3.8, 4) is 0 Å². The van der Waals surface area contributed by atoms with Gasteiger partial charge in [0.05, 0.1) is 6.54 Å². The maximum absolute atomic E-state index is 13.8. The standard InChI is InChI=1S/C14H20F2N2/c1-18-8-7-12(10-18)9-17-11-14(15,16)13-5-3-2-4-6-13/h2-6,12,17H,7-11H2,1H3. The number of alkyl halides is 2. The minimum absolute atomic E-state index is 0.0843. The van der Waals surface area contributed by atoms with Gasteiger partial charge in [0, 0.05) is 12.1 Å². The SMILES string of the molecule is CN1CCC(CNCC(F)(F)c2ccccc2)C1. The summed E-state index contributed by atoms with van der Waals surface area (Å²) in [5.74, 6) is -2.28. The normalized spacial score (nSPS) is 21.4. The summed E-state index contributed by atoms with van der Waals surface area (Å²) in [5, 5.41) is 2.91. The zero-order valence-corrected chi connectivity index (χ0v) is 10.7. The topological polar surface area (TPSA) is 15.3 Å². The van der Waals surface area contributed by atoms with Crippen molar-refractivity contribution in [1.82, 2.24) is 10.2 Å². The van der Waals surface area contributed by atoms with Gasteiger partial charge in [-0.2, -0.15) is 8.78 Å². The summed E-state index contributed by atoms with van der Waals surface area (Å²) >= 11 is 0. The molecule has 1 fully saturated rings. The molecule has 1 heterocycles. The zero-order chi connectivity index (χ0) is 13.0. The first-order valence-corrected chi connectivity index (χ1v) is 6.40. The highest BCUT2D eigenvalue weighted by Crippen LogP contribution is 2.26. The number of nitrogens with zero attached hydrogens (tertiary/aromatic N) is 1. The fourth-order valence-electron chi connectivity index (χ4n) is 2.41. The van der Waals surface area contributed by atoms with Gasteiger partial charge in [-0.25, -0.2) is 0 Å². The number of benzene rings is 1. The van der Waals surface area contributed by atoms with Gasteiger partial charge < -0.3 is 10.2 Å². The van der Waals surface area contributed by atoms with Crippen molar-refractivity contribution in [2.75, 3.05) is 33.2 Å². The van der Waals surface area contributed by atoms with Gasteiger partial charge in [0.1, 0.15) is 0 Å². The largest absolute Gasteiger partial charge is 0.311 e. The van der Waals surface area contributed by atoms with Gasteiger partial charge in [-0.15, -0.1) is 0 Å². The second-order valence-corrected chi connectivity index (χ2v) is 5.12. The van der Waals surface area contributed by atoms with E-state index in [1.165, 1.54) is 12.1 Å². The zero-order valence-electron chi connectivity index (χ0n) is 10.7. The summed E-state index contributed by atoms with van der Waals surface area (Å²) in [5.41, 5.74) is 0.0843. The number of hydrogen-bond donors (Lipinski definition) is 1. The Bertz CT molecular complexity index is 367. The first-order chi connectivity index (χ1) is 8.58. The van der Waals surface area contributed by atoms with Crippen LogP contribution in [0.2, 0.25) is 0 Å². The Labute approximate surface area is 107 Å². The third-order valence-electron chi connectivity index (χ3n) is 3.47. The third kappa shape index (κ3) is 3.50. The van der Waals surface area contributed by atoms with E-state index in [2.05, 4.69) is 17.3 Å². The lowest BCUT2D eigenvalue weighted by Gasteiger charge is -2.19. The molecule has 1 aromatic rings. The van der Waals surface area contributed by atoms with Gasteiger partial charge in [0.15, 0.2) is 0 Å². The van der Waals surface area contributed by atoms with Crippen LogP contribution in [0.3, 0.4) is 0 Å². The molecule has 1 aliphatic rings. The summed E-state index contributed by atoms with van der Waals surface area (Å²) < 4.78 is 27.7. The smallest absolute Gasteiger partial charge is 0.285 e. The maximum atomic E-state index is 13.8. The Morgan fingerprint density at radius 2 is 2.06 bits per heavy atom. The first kappa shape index (κ1) is 13.4. The number of likely N-dealkylation sites (tertiary alicyclic amines) is 1. The molecule has 0 bridgehead atoms. The molecule has 0 aliphatic carbocycles. The number of nitrogens with one attached hydrogen (secondary N) is 1. The van der Waals surface area contributed by atoms with E-state index in [0.29, 0.717) is 12.5 Å². The highest BCUT2D eigenvalue weighted by Gasteiger charge is 2.31. The fraction of sp³-hybridized carbons (Fsp3) is 0.571. The van der Waals surface area contributed by atoms with Crippen LogP contribution in [0.4, 0.5) is 8.78 Å². The van der Waals surface area contributed by atoms with Crippen LogP contribution in [0.1, 0.15) is 12.0 Å². The molecule has 1 aromatic carbocycles. The van der Waals surface area contributed by atoms with E-state index in [4.69, 9.17) is 0 Å². The molecule has 0 spiro atoms.